The van der Waals surface area contributed by atoms with E-state index in [1.54, 1.807) is 4.57 Å². The lowest BCUT2D eigenvalue weighted by Gasteiger charge is -2.32. The summed E-state index contributed by atoms with van der Waals surface area (Å²) < 4.78 is 13.5. The number of carbonyl (C=O) groups is 1. The lowest BCUT2D eigenvalue weighted by molar-refractivity contribution is -0.135. The first-order chi connectivity index (χ1) is 14.4. The number of carbonyl (C=O) groups excluding carboxylic acids is 1. The van der Waals surface area contributed by atoms with Gasteiger partial charge in [-0.15, -0.1) is 0 Å². The first-order valence-electron chi connectivity index (χ1n) is 10.7. The molecule has 1 N–H and O–H groups in total. The van der Waals surface area contributed by atoms with Crippen LogP contribution in [0.25, 0.3) is 0 Å². The second kappa shape index (κ2) is 8.16. The van der Waals surface area contributed by atoms with E-state index in [0.717, 1.165) is 42.9 Å². The van der Waals surface area contributed by atoms with Gasteiger partial charge in [0.15, 0.2) is 18.1 Å². The van der Waals surface area contributed by atoms with Crippen LogP contribution in [0.5, 0.6) is 11.5 Å². The van der Waals surface area contributed by atoms with E-state index in [1.165, 1.54) is 0 Å². The molecule has 1 saturated heterocycles. The number of nitrogens with zero attached hydrogens (tertiary/aromatic N) is 3. The molecule has 1 aromatic heterocycles. The van der Waals surface area contributed by atoms with Gasteiger partial charge in [-0.25, -0.2) is 9.89 Å². The molecular formula is C22H30N4O4. The van der Waals surface area contributed by atoms with E-state index in [9.17, 15) is 9.59 Å². The molecule has 0 unspecified atom stereocenters. The summed E-state index contributed by atoms with van der Waals surface area (Å²) in [5, 5.41) is 6.68. The molecule has 2 aliphatic heterocycles. The Balaban J connectivity index is 1.35. The molecule has 1 fully saturated rings. The van der Waals surface area contributed by atoms with Gasteiger partial charge in [-0.05, 0) is 45.6 Å². The van der Waals surface area contributed by atoms with Gasteiger partial charge >= 0.3 is 5.69 Å². The molecule has 30 heavy (non-hydrogen) atoms. The number of para-hydroxylation sites is 1. The molecule has 0 spiro atoms. The number of piperidine rings is 1. The zero-order valence-electron chi connectivity index (χ0n) is 17.9. The van der Waals surface area contributed by atoms with Gasteiger partial charge in [0.2, 0.25) is 0 Å². The monoisotopic (exact) mass is 414 g/mol. The van der Waals surface area contributed by atoms with Crippen LogP contribution in [0, 0.1) is 5.92 Å². The normalized spacial score (nSPS) is 20.0. The third kappa shape index (κ3) is 4.22. The van der Waals surface area contributed by atoms with Crippen molar-refractivity contribution in [1.82, 2.24) is 19.7 Å². The van der Waals surface area contributed by atoms with E-state index < -0.39 is 0 Å². The number of hydrogen-bond donors (Lipinski definition) is 1. The third-order valence-electron chi connectivity index (χ3n) is 5.90. The summed E-state index contributed by atoms with van der Waals surface area (Å²) in [7, 11) is 0. The highest BCUT2D eigenvalue weighted by atomic mass is 16.5. The molecular weight excluding hydrogens is 384 g/mol. The van der Waals surface area contributed by atoms with Crippen LogP contribution in [0.3, 0.4) is 0 Å². The van der Waals surface area contributed by atoms with E-state index >= 15 is 0 Å². The highest BCUT2D eigenvalue weighted by molar-refractivity contribution is 5.78. The summed E-state index contributed by atoms with van der Waals surface area (Å²) in [6.45, 7) is 8.00. The molecule has 8 nitrogen and oxygen atoms in total. The van der Waals surface area contributed by atoms with Crippen molar-refractivity contribution < 1.29 is 14.3 Å². The topological polar surface area (TPSA) is 89.4 Å². The van der Waals surface area contributed by atoms with Crippen molar-refractivity contribution in [2.24, 2.45) is 5.92 Å². The summed E-state index contributed by atoms with van der Waals surface area (Å²) in [5.74, 6) is 2.40. The fourth-order valence-electron chi connectivity index (χ4n) is 4.48. The van der Waals surface area contributed by atoms with Crippen molar-refractivity contribution in [2.75, 3.05) is 19.7 Å². The Bertz CT molecular complexity index is 978. The van der Waals surface area contributed by atoms with Gasteiger partial charge in [0, 0.05) is 38.0 Å². The van der Waals surface area contributed by atoms with Crippen LogP contribution in [0.1, 0.15) is 45.0 Å². The Labute approximate surface area is 176 Å². The molecule has 0 aliphatic carbocycles. The maximum Gasteiger partial charge on any atom is 0.343 e. The predicted molar refractivity (Wildman–Crippen MR) is 112 cm³/mol. The second-order valence-electron chi connectivity index (χ2n) is 8.81. The summed E-state index contributed by atoms with van der Waals surface area (Å²) in [4.78, 5) is 26.5. The van der Waals surface area contributed by atoms with Crippen LogP contribution < -0.4 is 15.2 Å². The van der Waals surface area contributed by atoms with Crippen LogP contribution in [0.2, 0.25) is 0 Å². The smallest absolute Gasteiger partial charge is 0.343 e. The van der Waals surface area contributed by atoms with Crippen LogP contribution >= 0.6 is 0 Å². The van der Waals surface area contributed by atoms with Gasteiger partial charge in [0.1, 0.15) is 11.4 Å². The lowest BCUT2D eigenvalue weighted by Crippen LogP contribution is -2.43. The number of fused-ring (bicyclic) bond motifs is 1. The Morgan fingerprint density at radius 1 is 1.40 bits per heavy atom. The number of aromatic amines is 1. The Hall–Kier alpha value is -2.77. The van der Waals surface area contributed by atoms with Gasteiger partial charge in [-0.1, -0.05) is 12.1 Å². The van der Waals surface area contributed by atoms with Gasteiger partial charge in [-0.3, -0.25) is 9.36 Å². The third-order valence-corrected chi connectivity index (χ3v) is 5.90. The predicted octanol–water partition coefficient (Wildman–Crippen LogP) is 2.16. The minimum Gasteiger partial charge on any atom is -0.483 e. The SMILES string of the molecule is CCn1c(C[C@H]2CCCN(C(=O)COc3cccc4c3OC(C)(C)C4)C2)n[nH]c1=O. The van der Waals surface area contributed by atoms with Gasteiger partial charge in [-0.2, -0.15) is 5.10 Å². The van der Waals surface area contributed by atoms with Crippen molar-refractivity contribution in [3.8, 4) is 11.5 Å². The fourth-order valence-corrected chi connectivity index (χ4v) is 4.48. The summed E-state index contributed by atoms with van der Waals surface area (Å²) in [6.07, 6.45) is 3.48. The molecule has 4 rings (SSSR count). The average Bonchev–Trinajstić information content (AvgIpc) is 3.23. The highest BCUT2D eigenvalue weighted by Gasteiger charge is 2.32. The summed E-state index contributed by atoms with van der Waals surface area (Å²) in [6, 6.07) is 5.84. The average molecular weight is 415 g/mol. The summed E-state index contributed by atoms with van der Waals surface area (Å²) in [5.41, 5.74) is 0.687. The number of aromatic nitrogens is 3. The summed E-state index contributed by atoms with van der Waals surface area (Å²) >= 11 is 0. The quantitative estimate of drug-likeness (QED) is 0.782. The lowest BCUT2D eigenvalue weighted by atomic mass is 9.94. The molecule has 2 aromatic rings. The molecule has 0 bridgehead atoms. The van der Waals surface area contributed by atoms with Crippen LogP contribution in [0.15, 0.2) is 23.0 Å². The van der Waals surface area contributed by atoms with Crippen LogP contribution in [0.4, 0.5) is 0 Å². The standard InChI is InChI=1S/C22H30N4O4/c1-4-26-18(23-24-21(26)28)11-15-7-6-10-25(13-15)19(27)14-29-17-9-5-8-16-12-22(2,3)30-20(16)17/h5,8-9,15H,4,6-7,10-14H2,1-3H3,(H,24,28)/t15-/m1/s1. The van der Waals surface area contributed by atoms with Crippen molar-refractivity contribution in [3.63, 3.8) is 0 Å². The molecule has 162 valence electrons. The number of rotatable bonds is 6. The van der Waals surface area contributed by atoms with E-state index in [2.05, 4.69) is 10.2 Å². The fraction of sp³-hybridized carbons (Fsp3) is 0.591. The zero-order chi connectivity index (χ0) is 21.3. The largest absolute Gasteiger partial charge is 0.483 e. The molecule has 1 atom stereocenters. The number of benzene rings is 1. The Morgan fingerprint density at radius 2 is 2.23 bits per heavy atom. The van der Waals surface area contributed by atoms with Crippen molar-refractivity contribution >= 4 is 5.91 Å². The zero-order valence-corrected chi connectivity index (χ0v) is 17.9. The maximum absolute atomic E-state index is 12.8. The van der Waals surface area contributed by atoms with E-state index in [0.29, 0.717) is 25.3 Å². The van der Waals surface area contributed by atoms with Crippen molar-refractivity contribution in [1.29, 1.82) is 0 Å². The van der Waals surface area contributed by atoms with E-state index in [1.807, 2.05) is 43.9 Å². The first kappa shape index (κ1) is 20.5. The molecule has 1 amide bonds. The molecule has 2 aliphatic rings. The van der Waals surface area contributed by atoms with Crippen molar-refractivity contribution in [3.05, 3.63) is 40.1 Å². The van der Waals surface area contributed by atoms with Gasteiger partial charge in [0.25, 0.3) is 5.91 Å². The second-order valence-corrected chi connectivity index (χ2v) is 8.81. The molecule has 3 heterocycles. The van der Waals surface area contributed by atoms with Crippen LogP contribution in [-0.4, -0.2) is 50.9 Å². The molecule has 0 radical (unpaired) electrons. The maximum atomic E-state index is 12.8. The first-order valence-corrected chi connectivity index (χ1v) is 10.7. The Morgan fingerprint density at radius 3 is 3.03 bits per heavy atom. The highest BCUT2D eigenvalue weighted by Crippen LogP contribution is 2.41. The van der Waals surface area contributed by atoms with E-state index in [4.69, 9.17) is 9.47 Å². The number of H-pyrrole nitrogens is 1. The number of amides is 1. The molecule has 0 saturated carbocycles. The van der Waals surface area contributed by atoms with Crippen LogP contribution in [-0.2, 0) is 24.2 Å². The minimum atomic E-state index is -0.253. The number of likely N-dealkylation sites (tertiary alicyclic amines) is 1. The Kier molecular flexibility index (Phi) is 5.58. The number of nitrogens with one attached hydrogen (secondary N) is 1. The number of ether oxygens (including phenoxy) is 2. The van der Waals surface area contributed by atoms with Gasteiger partial charge < -0.3 is 14.4 Å². The number of hydrogen-bond acceptors (Lipinski definition) is 5. The van der Waals surface area contributed by atoms with Crippen molar-refractivity contribution in [2.45, 2.75) is 58.6 Å². The van der Waals surface area contributed by atoms with Gasteiger partial charge in [0.05, 0.1) is 0 Å². The molecule has 1 aromatic carbocycles. The van der Waals surface area contributed by atoms with E-state index in [-0.39, 0.29) is 29.7 Å². The minimum absolute atomic E-state index is 0.00493. The molecule has 8 heteroatoms.